The largest absolute Gasteiger partial charge is 0.495 e. The molecule has 0 aliphatic carbocycles. The maximum absolute atomic E-state index is 12.3. The number of fused-ring (bicyclic) bond motifs is 3. The quantitative estimate of drug-likeness (QED) is 0.290. The Morgan fingerprint density at radius 2 is 1.83 bits per heavy atom. The minimum atomic E-state index is -0.472. The molecular formula is C22H16N2O5. The summed E-state index contributed by atoms with van der Waals surface area (Å²) < 4.78 is 11.3. The molecule has 0 radical (unpaired) electrons. The minimum Gasteiger partial charge on any atom is -0.495 e. The van der Waals surface area contributed by atoms with Gasteiger partial charge in [0, 0.05) is 35.0 Å². The van der Waals surface area contributed by atoms with Crippen molar-refractivity contribution in [3.05, 3.63) is 82.4 Å². The first-order valence-corrected chi connectivity index (χ1v) is 8.78. The van der Waals surface area contributed by atoms with Gasteiger partial charge in [0.15, 0.2) is 0 Å². The maximum Gasteiger partial charge on any atom is 0.269 e. The molecule has 4 aromatic rings. The molecule has 1 heterocycles. The number of rotatable bonds is 5. The molecule has 0 atom stereocenters. The van der Waals surface area contributed by atoms with Gasteiger partial charge in [0.25, 0.3) is 5.69 Å². The first-order valence-electron chi connectivity index (χ1n) is 8.78. The number of hydrogen-bond acceptors (Lipinski definition) is 5. The van der Waals surface area contributed by atoms with E-state index in [1.165, 1.54) is 25.3 Å². The van der Waals surface area contributed by atoms with Crippen molar-refractivity contribution in [1.82, 2.24) is 0 Å². The average Bonchev–Trinajstić information content (AvgIpc) is 3.09. The molecule has 0 bridgehead atoms. The van der Waals surface area contributed by atoms with E-state index in [-0.39, 0.29) is 11.6 Å². The molecule has 0 fully saturated rings. The van der Waals surface area contributed by atoms with E-state index in [1.807, 2.05) is 30.3 Å². The second-order valence-electron chi connectivity index (χ2n) is 6.32. The number of nitrogens with one attached hydrogen (secondary N) is 1. The predicted molar refractivity (Wildman–Crippen MR) is 111 cm³/mol. The van der Waals surface area contributed by atoms with Crippen LogP contribution in [0.15, 0.2) is 71.2 Å². The molecule has 0 spiro atoms. The smallest absolute Gasteiger partial charge is 0.269 e. The molecule has 144 valence electrons. The Bertz CT molecular complexity index is 1260. The molecule has 7 nitrogen and oxygen atoms in total. The number of nitrogens with zero attached hydrogens (tertiary/aromatic N) is 1. The lowest BCUT2D eigenvalue weighted by Crippen LogP contribution is -2.08. The van der Waals surface area contributed by atoms with E-state index >= 15 is 0 Å². The number of anilines is 1. The molecule has 3 aromatic carbocycles. The number of methoxy groups -OCH3 is 1. The monoisotopic (exact) mass is 388 g/mol. The van der Waals surface area contributed by atoms with Gasteiger partial charge in [-0.25, -0.2) is 0 Å². The number of hydrogen-bond donors (Lipinski definition) is 1. The van der Waals surface area contributed by atoms with Crippen molar-refractivity contribution in [1.29, 1.82) is 0 Å². The Labute approximate surface area is 165 Å². The number of benzene rings is 3. The number of nitro groups is 1. The highest BCUT2D eigenvalue weighted by Gasteiger charge is 2.13. The third kappa shape index (κ3) is 3.66. The SMILES string of the molecule is COc1cc2c(cc1NC(=O)/C=C/c1ccc([N+](=O)[O-])cc1)oc1ccccc12. The van der Waals surface area contributed by atoms with Gasteiger partial charge in [-0.05, 0) is 35.9 Å². The fourth-order valence-corrected chi connectivity index (χ4v) is 3.07. The zero-order valence-corrected chi connectivity index (χ0v) is 15.4. The van der Waals surface area contributed by atoms with E-state index in [1.54, 1.807) is 24.3 Å². The van der Waals surface area contributed by atoms with Crippen LogP contribution >= 0.6 is 0 Å². The number of carbonyl (C=O) groups excluding carboxylic acids is 1. The average molecular weight is 388 g/mol. The highest BCUT2D eigenvalue weighted by Crippen LogP contribution is 2.36. The Hall–Kier alpha value is -4.13. The summed E-state index contributed by atoms with van der Waals surface area (Å²) in [6.45, 7) is 0. The van der Waals surface area contributed by atoms with Gasteiger partial charge in [-0.1, -0.05) is 18.2 Å². The van der Waals surface area contributed by atoms with Crippen molar-refractivity contribution in [2.75, 3.05) is 12.4 Å². The normalized spacial score (nSPS) is 11.2. The molecule has 4 rings (SSSR count). The lowest BCUT2D eigenvalue weighted by molar-refractivity contribution is -0.384. The maximum atomic E-state index is 12.3. The van der Waals surface area contributed by atoms with Crippen LogP contribution in [-0.4, -0.2) is 17.9 Å². The third-order valence-corrected chi connectivity index (χ3v) is 4.49. The van der Waals surface area contributed by atoms with Crippen LogP contribution in [0.5, 0.6) is 5.75 Å². The van der Waals surface area contributed by atoms with Gasteiger partial charge in [-0.15, -0.1) is 0 Å². The highest BCUT2D eigenvalue weighted by atomic mass is 16.6. The first-order chi connectivity index (χ1) is 14.0. The fraction of sp³-hybridized carbons (Fsp3) is 0.0455. The molecule has 1 amide bonds. The predicted octanol–water partition coefficient (Wildman–Crippen LogP) is 5.15. The van der Waals surface area contributed by atoms with Gasteiger partial charge >= 0.3 is 0 Å². The van der Waals surface area contributed by atoms with E-state index in [4.69, 9.17) is 9.15 Å². The minimum absolute atomic E-state index is 0.00419. The molecule has 0 aliphatic heterocycles. The second kappa shape index (κ2) is 7.47. The zero-order valence-electron chi connectivity index (χ0n) is 15.4. The van der Waals surface area contributed by atoms with Crippen LogP contribution in [0.25, 0.3) is 28.0 Å². The van der Waals surface area contributed by atoms with Crippen molar-refractivity contribution in [3.8, 4) is 5.75 Å². The number of nitro benzene ring substituents is 1. The van der Waals surface area contributed by atoms with Gasteiger partial charge in [-0.2, -0.15) is 0 Å². The Kier molecular flexibility index (Phi) is 4.70. The summed E-state index contributed by atoms with van der Waals surface area (Å²) in [5, 5.41) is 15.3. The third-order valence-electron chi connectivity index (χ3n) is 4.49. The van der Waals surface area contributed by atoms with Crippen LogP contribution in [0.2, 0.25) is 0 Å². The molecule has 0 saturated heterocycles. The number of amides is 1. The summed E-state index contributed by atoms with van der Waals surface area (Å²) >= 11 is 0. The van der Waals surface area contributed by atoms with Crippen LogP contribution in [0.4, 0.5) is 11.4 Å². The van der Waals surface area contributed by atoms with Gasteiger partial charge in [0.2, 0.25) is 5.91 Å². The number of non-ortho nitro benzene ring substituents is 1. The summed E-state index contributed by atoms with van der Waals surface area (Å²) in [5.74, 6) is 0.151. The van der Waals surface area contributed by atoms with Crippen LogP contribution in [0.3, 0.4) is 0 Å². The highest BCUT2D eigenvalue weighted by molar-refractivity contribution is 6.09. The summed E-state index contributed by atoms with van der Waals surface area (Å²) in [7, 11) is 1.53. The molecular weight excluding hydrogens is 372 g/mol. The van der Waals surface area contributed by atoms with Gasteiger partial charge in [0.05, 0.1) is 17.7 Å². The van der Waals surface area contributed by atoms with E-state index in [0.29, 0.717) is 22.6 Å². The van der Waals surface area contributed by atoms with Crippen LogP contribution in [-0.2, 0) is 4.79 Å². The van der Waals surface area contributed by atoms with Crippen LogP contribution in [0.1, 0.15) is 5.56 Å². The molecule has 0 saturated carbocycles. The second-order valence-corrected chi connectivity index (χ2v) is 6.32. The molecule has 0 unspecified atom stereocenters. The summed E-state index contributed by atoms with van der Waals surface area (Å²) in [6, 6.07) is 17.1. The van der Waals surface area contributed by atoms with E-state index < -0.39 is 4.92 Å². The number of ether oxygens (including phenoxy) is 1. The number of furan rings is 1. The van der Waals surface area contributed by atoms with Crippen LogP contribution in [0, 0.1) is 10.1 Å². The molecule has 0 aliphatic rings. The Morgan fingerprint density at radius 3 is 2.55 bits per heavy atom. The number of para-hydroxylation sites is 1. The number of carbonyl (C=O) groups is 1. The van der Waals surface area contributed by atoms with E-state index in [0.717, 1.165) is 16.4 Å². The summed E-state index contributed by atoms with van der Waals surface area (Å²) in [6.07, 6.45) is 2.93. The molecule has 1 aromatic heterocycles. The fourth-order valence-electron chi connectivity index (χ4n) is 3.07. The van der Waals surface area contributed by atoms with E-state index in [2.05, 4.69) is 5.32 Å². The Balaban J connectivity index is 1.58. The molecule has 29 heavy (non-hydrogen) atoms. The Morgan fingerprint density at radius 1 is 1.07 bits per heavy atom. The molecule has 1 N–H and O–H groups in total. The summed E-state index contributed by atoms with van der Waals surface area (Å²) in [4.78, 5) is 22.6. The van der Waals surface area contributed by atoms with Crippen LogP contribution < -0.4 is 10.1 Å². The van der Waals surface area contributed by atoms with E-state index in [9.17, 15) is 14.9 Å². The lowest BCUT2D eigenvalue weighted by Gasteiger charge is -2.09. The zero-order chi connectivity index (χ0) is 20.4. The lowest BCUT2D eigenvalue weighted by atomic mass is 10.1. The standard InChI is InChI=1S/C22H16N2O5/c1-28-21-12-17-16-4-2-3-5-19(16)29-20(17)13-18(21)23-22(25)11-8-14-6-9-15(10-7-14)24(26)27/h2-13H,1H3,(H,23,25)/b11-8+. The van der Waals surface area contributed by atoms with Crippen molar-refractivity contribution in [3.63, 3.8) is 0 Å². The van der Waals surface area contributed by atoms with Crippen molar-refractivity contribution in [2.45, 2.75) is 0 Å². The summed E-state index contributed by atoms with van der Waals surface area (Å²) in [5.41, 5.74) is 2.55. The van der Waals surface area contributed by atoms with Gasteiger partial charge in [0.1, 0.15) is 16.9 Å². The van der Waals surface area contributed by atoms with Gasteiger partial charge < -0.3 is 14.5 Å². The molecule has 7 heteroatoms. The first kappa shape index (κ1) is 18.2. The van der Waals surface area contributed by atoms with Crippen molar-refractivity contribution < 1.29 is 18.9 Å². The van der Waals surface area contributed by atoms with Gasteiger partial charge in [-0.3, -0.25) is 14.9 Å². The topological polar surface area (TPSA) is 94.6 Å². The van der Waals surface area contributed by atoms with Crippen molar-refractivity contribution in [2.24, 2.45) is 0 Å². The van der Waals surface area contributed by atoms with Crippen molar-refractivity contribution >= 4 is 45.3 Å².